The van der Waals surface area contributed by atoms with Crippen LogP contribution in [0.15, 0.2) is 0 Å². The molecule has 2 N–H and O–H groups in total. The summed E-state index contributed by atoms with van der Waals surface area (Å²) in [5.74, 6) is 0.454. The van der Waals surface area contributed by atoms with Gasteiger partial charge in [0.25, 0.3) is 5.91 Å². The van der Waals surface area contributed by atoms with Gasteiger partial charge in [0.1, 0.15) is 0 Å². The van der Waals surface area contributed by atoms with Gasteiger partial charge in [-0.2, -0.15) is 5.10 Å². The van der Waals surface area contributed by atoms with Gasteiger partial charge < -0.3 is 14.9 Å². The second-order valence-electron chi connectivity index (χ2n) is 6.82. The summed E-state index contributed by atoms with van der Waals surface area (Å²) in [7, 11) is 3.88. The molecule has 0 bridgehead atoms. The third-order valence-electron chi connectivity index (χ3n) is 4.38. The lowest BCUT2D eigenvalue weighted by molar-refractivity contribution is 0.0236. The van der Waals surface area contributed by atoms with Gasteiger partial charge in [0, 0.05) is 24.7 Å². The van der Waals surface area contributed by atoms with E-state index in [4.69, 9.17) is 0 Å². The Balaban J connectivity index is 1.76. The number of aryl methyl sites for hydroxylation is 1. The topological polar surface area (TPSA) is 72.5 Å². The molecule has 1 aliphatic heterocycles. The van der Waals surface area contributed by atoms with Crippen LogP contribution in [0.4, 0.5) is 0 Å². The Morgan fingerprint density at radius 3 is 2.86 bits per heavy atom. The minimum absolute atomic E-state index is 0.0119. The number of carbonyl (C=O) groups excluding carboxylic acids is 1. The molecular formula is C15H24N4O2. The highest BCUT2D eigenvalue weighted by atomic mass is 16.3. The van der Waals surface area contributed by atoms with Crippen molar-refractivity contribution in [1.82, 2.24) is 20.0 Å². The molecule has 2 heterocycles. The molecule has 6 heteroatoms. The lowest BCUT2D eigenvalue weighted by Gasteiger charge is -2.26. The summed E-state index contributed by atoms with van der Waals surface area (Å²) >= 11 is 0. The van der Waals surface area contributed by atoms with Crippen LogP contribution >= 0.6 is 0 Å². The van der Waals surface area contributed by atoms with Crippen molar-refractivity contribution in [3.8, 4) is 0 Å². The summed E-state index contributed by atoms with van der Waals surface area (Å²) in [5.41, 5.74) is 1.69. The zero-order valence-corrected chi connectivity index (χ0v) is 13.0. The average molecular weight is 292 g/mol. The van der Waals surface area contributed by atoms with Gasteiger partial charge in [-0.25, -0.2) is 0 Å². The van der Waals surface area contributed by atoms with Crippen LogP contribution in [0.3, 0.4) is 0 Å². The van der Waals surface area contributed by atoms with E-state index in [-0.39, 0.29) is 5.91 Å². The van der Waals surface area contributed by atoms with Gasteiger partial charge in [-0.1, -0.05) is 0 Å². The maximum Gasteiger partial charge on any atom is 0.257 e. The Hall–Kier alpha value is -1.40. The Labute approximate surface area is 125 Å². The van der Waals surface area contributed by atoms with Gasteiger partial charge >= 0.3 is 0 Å². The molecule has 1 aliphatic carbocycles. The predicted octanol–water partition coefficient (Wildman–Crippen LogP) is 0.734. The van der Waals surface area contributed by atoms with Gasteiger partial charge in [0.15, 0.2) is 0 Å². The normalized spacial score (nSPS) is 25.9. The predicted molar refractivity (Wildman–Crippen MR) is 79.3 cm³/mol. The number of likely N-dealkylation sites (N-methyl/N-ethyl adjacent to an activating group) is 1. The van der Waals surface area contributed by atoms with Crippen LogP contribution in [-0.2, 0) is 0 Å². The summed E-state index contributed by atoms with van der Waals surface area (Å²) in [6.45, 7) is 3.49. The number of β-amino-alcohol motifs (C(OH)–C–C–N with tert-alkyl or cyclic N) is 1. The first-order valence-corrected chi connectivity index (χ1v) is 7.61. The Morgan fingerprint density at radius 2 is 2.24 bits per heavy atom. The molecule has 0 aromatic carbocycles. The van der Waals surface area contributed by atoms with Crippen molar-refractivity contribution in [2.24, 2.45) is 0 Å². The van der Waals surface area contributed by atoms with Crippen LogP contribution in [0.1, 0.15) is 46.9 Å². The first-order chi connectivity index (χ1) is 9.89. The number of aromatic amines is 1. The summed E-state index contributed by atoms with van der Waals surface area (Å²) < 4.78 is 0. The van der Waals surface area contributed by atoms with Gasteiger partial charge in [-0.05, 0) is 40.3 Å². The Kier molecular flexibility index (Phi) is 3.53. The summed E-state index contributed by atoms with van der Waals surface area (Å²) in [5, 5.41) is 17.8. The molecule has 1 amide bonds. The monoisotopic (exact) mass is 292 g/mol. The molecular weight excluding hydrogens is 268 g/mol. The van der Waals surface area contributed by atoms with Crippen LogP contribution in [0.5, 0.6) is 0 Å². The van der Waals surface area contributed by atoms with Crippen LogP contribution in [0.25, 0.3) is 0 Å². The maximum atomic E-state index is 12.8. The van der Waals surface area contributed by atoms with Crippen molar-refractivity contribution in [3.05, 3.63) is 17.0 Å². The quantitative estimate of drug-likeness (QED) is 0.858. The molecule has 1 unspecified atom stereocenters. The number of rotatable bonds is 4. The van der Waals surface area contributed by atoms with Crippen LogP contribution in [0, 0.1) is 6.92 Å². The van der Waals surface area contributed by atoms with Crippen molar-refractivity contribution < 1.29 is 9.90 Å². The van der Waals surface area contributed by atoms with Crippen LogP contribution < -0.4 is 0 Å². The van der Waals surface area contributed by atoms with E-state index < -0.39 is 5.60 Å². The highest BCUT2D eigenvalue weighted by molar-refractivity contribution is 5.97. The molecule has 1 atom stereocenters. The number of hydrogen-bond donors (Lipinski definition) is 2. The number of likely N-dealkylation sites (tertiary alicyclic amines) is 1. The molecule has 3 rings (SSSR count). The molecule has 0 radical (unpaired) electrons. The number of amides is 1. The van der Waals surface area contributed by atoms with Gasteiger partial charge in [-0.15, -0.1) is 0 Å². The number of H-pyrrole nitrogens is 1. The summed E-state index contributed by atoms with van der Waals surface area (Å²) in [4.78, 5) is 16.5. The van der Waals surface area contributed by atoms with E-state index >= 15 is 0 Å². The number of nitrogens with zero attached hydrogens (tertiary/aromatic N) is 3. The largest absolute Gasteiger partial charge is 0.387 e. The van der Waals surface area contributed by atoms with Crippen molar-refractivity contribution >= 4 is 5.91 Å². The van der Waals surface area contributed by atoms with E-state index in [9.17, 15) is 9.90 Å². The molecule has 1 saturated heterocycles. The van der Waals surface area contributed by atoms with Gasteiger partial charge in [0.05, 0.1) is 23.4 Å². The summed E-state index contributed by atoms with van der Waals surface area (Å²) in [6.07, 6.45) is 2.87. The van der Waals surface area contributed by atoms with Crippen LogP contribution in [0.2, 0.25) is 0 Å². The van der Waals surface area contributed by atoms with Crippen molar-refractivity contribution in [1.29, 1.82) is 0 Å². The number of nitrogens with one attached hydrogen (secondary N) is 1. The minimum Gasteiger partial charge on any atom is -0.387 e. The Morgan fingerprint density at radius 1 is 1.52 bits per heavy atom. The van der Waals surface area contributed by atoms with E-state index in [2.05, 4.69) is 10.2 Å². The molecule has 1 aromatic heterocycles. The number of carbonyl (C=O) groups is 1. The standard InChI is InChI=1S/C15H24N4O2/c1-10-12(13(17-16-10)11-4-5-11)14(20)19-7-6-15(21,9-19)8-18(2)3/h11,21H,4-9H2,1-3H3,(H,16,17). The summed E-state index contributed by atoms with van der Waals surface area (Å²) in [6, 6.07) is 0. The van der Waals surface area contributed by atoms with E-state index in [1.165, 1.54) is 0 Å². The fourth-order valence-corrected chi connectivity index (χ4v) is 3.28. The molecule has 1 saturated carbocycles. The maximum absolute atomic E-state index is 12.8. The van der Waals surface area contributed by atoms with Crippen molar-refractivity contribution in [2.75, 3.05) is 33.7 Å². The molecule has 2 fully saturated rings. The van der Waals surface area contributed by atoms with Crippen LogP contribution in [-0.4, -0.2) is 70.3 Å². The second kappa shape index (κ2) is 5.10. The highest BCUT2D eigenvalue weighted by Crippen LogP contribution is 2.41. The molecule has 1 aromatic rings. The molecule has 6 nitrogen and oxygen atoms in total. The third kappa shape index (κ3) is 2.82. The molecule has 2 aliphatic rings. The Bertz CT molecular complexity index is 550. The average Bonchev–Trinajstić information content (AvgIpc) is 3.06. The molecule has 0 spiro atoms. The lowest BCUT2D eigenvalue weighted by Crippen LogP contribution is -2.43. The number of aromatic nitrogens is 2. The highest BCUT2D eigenvalue weighted by Gasteiger charge is 2.41. The van der Waals surface area contributed by atoms with E-state index in [1.54, 1.807) is 4.90 Å². The molecule has 116 valence electrons. The second-order valence-corrected chi connectivity index (χ2v) is 6.82. The SMILES string of the molecule is Cc1[nH]nc(C2CC2)c1C(=O)N1CCC(O)(CN(C)C)C1. The first kappa shape index (κ1) is 14.5. The van der Waals surface area contributed by atoms with Crippen molar-refractivity contribution in [2.45, 2.75) is 37.7 Å². The zero-order valence-electron chi connectivity index (χ0n) is 13.0. The zero-order chi connectivity index (χ0) is 15.2. The number of hydrogen-bond acceptors (Lipinski definition) is 4. The first-order valence-electron chi connectivity index (χ1n) is 7.61. The minimum atomic E-state index is -0.795. The van der Waals surface area contributed by atoms with Crippen molar-refractivity contribution in [3.63, 3.8) is 0 Å². The van der Waals surface area contributed by atoms with Gasteiger partial charge in [0.2, 0.25) is 0 Å². The van der Waals surface area contributed by atoms with E-state index in [0.29, 0.717) is 32.0 Å². The van der Waals surface area contributed by atoms with E-state index in [1.807, 2.05) is 25.9 Å². The third-order valence-corrected chi connectivity index (χ3v) is 4.38. The van der Waals surface area contributed by atoms with E-state index in [0.717, 1.165) is 29.8 Å². The molecule has 21 heavy (non-hydrogen) atoms. The smallest absolute Gasteiger partial charge is 0.257 e. The fraction of sp³-hybridized carbons (Fsp3) is 0.733. The fourth-order valence-electron chi connectivity index (χ4n) is 3.28. The van der Waals surface area contributed by atoms with Gasteiger partial charge in [-0.3, -0.25) is 9.89 Å². The number of aliphatic hydroxyl groups is 1. The lowest BCUT2D eigenvalue weighted by atomic mass is 10.0.